The number of hydrogen-bond acceptors (Lipinski definition) is 3. The van der Waals surface area contributed by atoms with Crippen molar-refractivity contribution in [2.45, 2.75) is 6.92 Å². The van der Waals surface area contributed by atoms with Gasteiger partial charge < -0.3 is 15.4 Å². The van der Waals surface area contributed by atoms with Crippen LogP contribution >= 0.6 is 0 Å². The van der Waals surface area contributed by atoms with Crippen LogP contribution in [-0.4, -0.2) is 22.6 Å². The molecule has 2 aromatic rings. The van der Waals surface area contributed by atoms with Crippen molar-refractivity contribution in [3.8, 4) is 11.8 Å². The fourth-order valence-electron chi connectivity index (χ4n) is 1.79. The van der Waals surface area contributed by atoms with Gasteiger partial charge in [-0.2, -0.15) is 0 Å². The number of aromatic nitrogens is 1. The van der Waals surface area contributed by atoms with Gasteiger partial charge in [-0.15, -0.1) is 0 Å². The molecule has 0 saturated heterocycles. The van der Waals surface area contributed by atoms with Crippen molar-refractivity contribution < 1.29 is 9.90 Å². The highest BCUT2D eigenvalue weighted by atomic mass is 16.2. The molecule has 1 amide bonds. The molecule has 3 N–H and O–H groups in total. The van der Waals surface area contributed by atoms with Gasteiger partial charge in [0.2, 0.25) is 0 Å². The van der Waals surface area contributed by atoms with Crippen LogP contribution in [0.3, 0.4) is 0 Å². The van der Waals surface area contributed by atoms with Gasteiger partial charge in [0.15, 0.2) is 5.43 Å². The third-order valence-corrected chi connectivity index (χ3v) is 2.79. The number of nitrogens with one attached hydrogen (secondary N) is 2. The number of aromatic amines is 1. The molecular weight excluding hydrogens is 268 g/mol. The first kappa shape index (κ1) is 14.6. The van der Waals surface area contributed by atoms with E-state index < -0.39 is 5.91 Å². The minimum Gasteiger partial charge on any atom is -0.384 e. The van der Waals surface area contributed by atoms with E-state index >= 15 is 0 Å². The summed E-state index contributed by atoms with van der Waals surface area (Å²) in [5.41, 5.74) is 1.73. The molecule has 1 heterocycles. The van der Waals surface area contributed by atoms with Gasteiger partial charge in [0.05, 0.1) is 5.69 Å². The normalized spacial score (nSPS) is 9.62. The van der Waals surface area contributed by atoms with Crippen LogP contribution < -0.4 is 10.7 Å². The SMILES string of the molecule is Cc1ccc(NC(=O)c2c[nH]ccc2=O)c(C#CCO)c1. The Labute approximate surface area is 121 Å². The number of rotatable bonds is 2. The van der Waals surface area contributed by atoms with Gasteiger partial charge >= 0.3 is 0 Å². The quantitative estimate of drug-likeness (QED) is 0.726. The molecule has 106 valence electrons. The third kappa shape index (κ3) is 3.59. The summed E-state index contributed by atoms with van der Waals surface area (Å²) in [7, 11) is 0. The van der Waals surface area contributed by atoms with Gasteiger partial charge in [-0.25, -0.2) is 0 Å². The maximum Gasteiger partial charge on any atom is 0.261 e. The molecule has 0 radical (unpaired) electrons. The topological polar surface area (TPSA) is 82.2 Å². The molecule has 0 aliphatic heterocycles. The Morgan fingerprint density at radius 3 is 2.90 bits per heavy atom. The Kier molecular flexibility index (Phi) is 4.54. The largest absolute Gasteiger partial charge is 0.384 e. The summed E-state index contributed by atoms with van der Waals surface area (Å²) in [6, 6.07) is 6.63. The van der Waals surface area contributed by atoms with E-state index in [1.54, 1.807) is 12.1 Å². The molecule has 0 aliphatic carbocycles. The predicted octanol–water partition coefficient (Wildman–Crippen LogP) is 1.28. The van der Waals surface area contributed by atoms with Gasteiger partial charge in [0.25, 0.3) is 5.91 Å². The zero-order valence-corrected chi connectivity index (χ0v) is 11.4. The maximum atomic E-state index is 12.1. The van der Waals surface area contributed by atoms with E-state index in [-0.39, 0.29) is 17.6 Å². The fourth-order valence-corrected chi connectivity index (χ4v) is 1.79. The van der Waals surface area contributed by atoms with Crippen LogP contribution in [0.2, 0.25) is 0 Å². The first-order chi connectivity index (χ1) is 10.1. The van der Waals surface area contributed by atoms with Gasteiger partial charge in [0, 0.05) is 24.0 Å². The van der Waals surface area contributed by atoms with Crippen LogP contribution in [0, 0.1) is 18.8 Å². The number of aliphatic hydroxyl groups excluding tert-OH is 1. The smallest absolute Gasteiger partial charge is 0.261 e. The average Bonchev–Trinajstić information content (AvgIpc) is 2.47. The summed E-state index contributed by atoms with van der Waals surface area (Å²) in [5, 5.41) is 11.4. The zero-order valence-electron chi connectivity index (χ0n) is 11.4. The van der Waals surface area contributed by atoms with Crippen LogP contribution in [0.15, 0.2) is 41.5 Å². The second-order valence-corrected chi connectivity index (χ2v) is 4.39. The van der Waals surface area contributed by atoms with E-state index in [4.69, 9.17) is 5.11 Å². The first-order valence-corrected chi connectivity index (χ1v) is 6.30. The number of anilines is 1. The van der Waals surface area contributed by atoms with Gasteiger partial charge in [-0.1, -0.05) is 17.9 Å². The van der Waals surface area contributed by atoms with Gasteiger partial charge in [-0.05, 0) is 24.6 Å². The van der Waals surface area contributed by atoms with E-state index in [1.807, 2.05) is 13.0 Å². The molecule has 5 heteroatoms. The first-order valence-electron chi connectivity index (χ1n) is 6.30. The standard InChI is InChI=1S/C16H14N2O3/c1-11-4-5-14(12(9-11)3-2-8-19)18-16(21)13-10-17-7-6-15(13)20/h4-7,9-10,19H,8H2,1H3,(H,17,20)(H,18,21). The molecule has 0 saturated carbocycles. The average molecular weight is 282 g/mol. The molecule has 0 bridgehead atoms. The summed E-state index contributed by atoms with van der Waals surface area (Å²) < 4.78 is 0. The van der Waals surface area contributed by atoms with E-state index in [0.29, 0.717) is 11.3 Å². The Morgan fingerprint density at radius 1 is 1.38 bits per heavy atom. The highest BCUT2D eigenvalue weighted by Crippen LogP contribution is 2.17. The van der Waals surface area contributed by atoms with Crippen molar-refractivity contribution in [2.24, 2.45) is 0 Å². The number of benzene rings is 1. The van der Waals surface area contributed by atoms with Crippen molar-refractivity contribution in [2.75, 3.05) is 11.9 Å². The van der Waals surface area contributed by atoms with Crippen molar-refractivity contribution in [3.63, 3.8) is 0 Å². The number of hydrogen-bond donors (Lipinski definition) is 3. The molecule has 2 rings (SSSR count). The number of carbonyl (C=O) groups excluding carboxylic acids is 1. The Morgan fingerprint density at radius 2 is 2.19 bits per heavy atom. The zero-order chi connectivity index (χ0) is 15.2. The Balaban J connectivity index is 2.33. The fraction of sp³-hybridized carbons (Fsp3) is 0.125. The lowest BCUT2D eigenvalue weighted by Crippen LogP contribution is -2.21. The second-order valence-electron chi connectivity index (χ2n) is 4.39. The van der Waals surface area contributed by atoms with Crippen LogP contribution in [0.1, 0.15) is 21.5 Å². The molecule has 0 fully saturated rings. The van der Waals surface area contributed by atoms with Crippen molar-refractivity contribution in [3.05, 3.63) is 63.6 Å². The minimum atomic E-state index is -0.507. The molecule has 0 unspecified atom stereocenters. The number of aryl methyl sites for hydroxylation is 1. The molecule has 0 aliphatic rings. The number of amides is 1. The highest BCUT2D eigenvalue weighted by molar-refractivity contribution is 6.04. The number of H-pyrrole nitrogens is 1. The van der Waals surface area contributed by atoms with Crippen LogP contribution in [-0.2, 0) is 0 Å². The number of carbonyl (C=O) groups is 1. The molecule has 5 nitrogen and oxygen atoms in total. The molecule has 1 aromatic carbocycles. The van der Waals surface area contributed by atoms with E-state index in [9.17, 15) is 9.59 Å². The molecular formula is C16H14N2O3. The Bertz CT molecular complexity index is 782. The summed E-state index contributed by atoms with van der Waals surface area (Å²) in [5.74, 6) is 4.81. The van der Waals surface area contributed by atoms with Gasteiger partial charge in [0.1, 0.15) is 12.2 Å². The van der Waals surface area contributed by atoms with Crippen LogP contribution in [0.5, 0.6) is 0 Å². The maximum absolute atomic E-state index is 12.1. The second kappa shape index (κ2) is 6.55. The lowest BCUT2D eigenvalue weighted by atomic mass is 10.1. The van der Waals surface area contributed by atoms with Crippen LogP contribution in [0.4, 0.5) is 5.69 Å². The number of aliphatic hydroxyl groups is 1. The third-order valence-electron chi connectivity index (χ3n) is 2.79. The Hall–Kier alpha value is -2.84. The lowest BCUT2D eigenvalue weighted by Gasteiger charge is -2.08. The summed E-state index contributed by atoms with van der Waals surface area (Å²) in [4.78, 5) is 26.4. The van der Waals surface area contributed by atoms with E-state index in [0.717, 1.165) is 5.56 Å². The van der Waals surface area contributed by atoms with Crippen molar-refractivity contribution in [1.82, 2.24) is 4.98 Å². The molecule has 0 spiro atoms. The lowest BCUT2D eigenvalue weighted by molar-refractivity contribution is 0.102. The summed E-state index contributed by atoms with van der Waals surface area (Å²) in [6.45, 7) is 1.64. The monoisotopic (exact) mass is 282 g/mol. The summed E-state index contributed by atoms with van der Waals surface area (Å²) in [6.07, 6.45) is 2.81. The van der Waals surface area contributed by atoms with Crippen molar-refractivity contribution in [1.29, 1.82) is 0 Å². The van der Waals surface area contributed by atoms with Crippen LogP contribution in [0.25, 0.3) is 0 Å². The predicted molar refractivity (Wildman–Crippen MR) is 80.2 cm³/mol. The number of pyridine rings is 1. The van der Waals surface area contributed by atoms with Gasteiger partial charge in [-0.3, -0.25) is 9.59 Å². The highest BCUT2D eigenvalue weighted by Gasteiger charge is 2.11. The molecule has 1 aromatic heterocycles. The van der Waals surface area contributed by atoms with Crippen molar-refractivity contribution >= 4 is 11.6 Å². The molecule has 21 heavy (non-hydrogen) atoms. The van der Waals surface area contributed by atoms with E-state index in [1.165, 1.54) is 18.5 Å². The minimum absolute atomic E-state index is 0.0270. The summed E-state index contributed by atoms with van der Waals surface area (Å²) >= 11 is 0. The molecule has 0 atom stereocenters. The van der Waals surface area contributed by atoms with E-state index in [2.05, 4.69) is 22.1 Å².